The van der Waals surface area contributed by atoms with Crippen molar-refractivity contribution in [2.45, 2.75) is 112 Å². The van der Waals surface area contributed by atoms with E-state index in [1.807, 2.05) is 5.57 Å². The topological polar surface area (TPSA) is 20.2 Å². The maximum Gasteiger partial charge on any atom is 0.0594 e. The standard InChI is InChI=1S/C29H48O/c1-18-8-9-20-12-16-28(6)21(25(20)19(18)2)10-11-23-27(5)15-14-24(30)26(3,4)22(27)13-17-29(23,28)7/h10,18-20,22-25,30H,8-9,11-17H2,1-7H3/t18-,19+,20-,22+,23-,24?,25-,27+,28-,29-/m1/s1. The van der Waals surface area contributed by atoms with E-state index in [0.717, 1.165) is 36.0 Å². The summed E-state index contributed by atoms with van der Waals surface area (Å²) in [6.07, 6.45) is 14.7. The van der Waals surface area contributed by atoms with Gasteiger partial charge in [-0.3, -0.25) is 0 Å². The van der Waals surface area contributed by atoms with Gasteiger partial charge in [0.15, 0.2) is 0 Å². The first kappa shape index (κ1) is 21.5. The zero-order valence-electron chi connectivity index (χ0n) is 20.9. The highest BCUT2D eigenvalue weighted by Gasteiger charge is 2.66. The third kappa shape index (κ3) is 2.51. The second-order valence-corrected chi connectivity index (χ2v) is 13.9. The summed E-state index contributed by atoms with van der Waals surface area (Å²) in [5.41, 5.74) is 3.14. The van der Waals surface area contributed by atoms with Crippen LogP contribution >= 0.6 is 0 Å². The zero-order chi connectivity index (χ0) is 21.7. The molecule has 0 amide bonds. The van der Waals surface area contributed by atoms with Crippen molar-refractivity contribution in [1.29, 1.82) is 0 Å². The number of hydrogen-bond acceptors (Lipinski definition) is 1. The van der Waals surface area contributed by atoms with E-state index >= 15 is 0 Å². The first-order valence-electron chi connectivity index (χ1n) is 13.4. The zero-order valence-corrected chi connectivity index (χ0v) is 20.9. The van der Waals surface area contributed by atoms with Crippen LogP contribution < -0.4 is 0 Å². The summed E-state index contributed by atoms with van der Waals surface area (Å²) in [6, 6.07) is 0. The van der Waals surface area contributed by atoms with Crippen LogP contribution in [0.3, 0.4) is 0 Å². The summed E-state index contributed by atoms with van der Waals surface area (Å²) < 4.78 is 0. The molecule has 170 valence electrons. The van der Waals surface area contributed by atoms with E-state index in [0.29, 0.717) is 22.2 Å². The molecule has 4 saturated carbocycles. The highest BCUT2D eigenvalue weighted by Crippen LogP contribution is 2.74. The molecular formula is C29H48O. The molecule has 5 rings (SSSR count). The van der Waals surface area contributed by atoms with E-state index in [-0.39, 0.29) is 11.5 Å². The van der Waals surface area contributed by atoms with Gasteiger partial charge in [-0.05, 0) is 109 Å². The first-order chi connectivity index (χ1) is 14.0. The Balaban J connectivity index is 1.57. The van der Waals surface area contributed by atoms with Crippen LogP contribution in [0.1, 0.15) is 106 Å². The van der Waals surface area contributed by atoms with Crippen LogP contribution in [0.2, 0.25) is 0 Å². The lowest BCUT2D eigenvalue weighted by molar-refractivity contribution is -0.200. The quantitative estimate of drug-likeness (QED) is 0.405. The molecular weight excluding hydrogens is 364 g/mol. The molecule has 1 N–H and O–H groups in total. The van der Waals surface area contributed by atoms with Gasteiger partial charge >= 0.3 is 0 Å². The molecule has 0 radical (unpaired) electrons. The number of rotatable bonds is 0. The number of aliphatic hydroxyl groups is 1. The molecule has 0 heterocycles. The van der Waals surface area contributed by atoms with Crippen molar-refractivity contribution in [3.63, 3.8) is 0 Å². The molecule has 0 aromatic rings. The minimum Gasteiger partial charge on any atom is -0.393 e. The van der Waals surface area contributed by atoms with Gasteiger partial charge in [-0.15, -0.1) is 0 Å². The van der Waals surface area contributed by atoms with Gasteiger partial charge in [-0.25, -0.2) is 0 Å². The van der Waals surface area contributed by atoms with Crippen LogP contribution in [-0.2, 0) is 0 Å². The molecule has 0 aromatic heterocycles. The van der Waals surface area contributed by atoms with Crippen LogP contribution in [-0.4, -0.2) is 11.2 Å². The SMILES string of the molecule is C[C@@H]1[C@H]2C3=CC[C@@H]4[C@@]5(C)CCC(O)C(C)(C)[C@@H]5CC[C@@]4(C)[C@]3(C)CC[C@H]2CC[C@H]1C. The minimum atomic E-state index is -0.120. The molecule has 0 aromatic carbocycles. The van der Waals surface area contributed by atoms with Crippen molar-refractivity contribution in [1.82, 2.24) is 0 Å². The van der Waals surface area contributed by atoms with Crippen molar-refractivity contribution in [2.75, 3.05) is 0 Å². The van der Waals surface area contributed by atoms with E-state index in [2.05, 4.69) is 54.5 Å². The van der Waals surface area contributed by atoms with Gasteiger partial charge in [0.2, 0.25) is 0 Å². The number of allylic oxidation sites excluding steroid dienone is 2. The predicted octanol–water partition coefficient (Wildman–Crippen LogP) is 7.63. The second kappa shape index (κ2) is 6.61. The normalized spacial score (nSPS) is 57.3. The van der Waals surface area contributed by atoms with Crippen LogP contribution in [0.25, 0.3) is 0 Å². The van der Waals surface area contributed by atoms with Gasteiger partial charge < -0.3 is 5.11 Å². The lowest BCUT2D eigenvalue weighted by atomic mass is 9.34. The third-order valence-corrected chi connectivity index (χ3v) is 12.8. The smallest absolute Gasteiger partial charge is 0.0594 e. The number of aliphatic hydroxyl groups excluding tert-OH is 1. The average molecular weight is 413 g/mol. The third-order valence-electron chi connectivity index (χ3n) is 12.8. The van der Waals surface area contributed by atoms with Gasteiger partial charge in [0.05, 0.1) is 6.10 Å². The average Bonchev–Trinajstić information content (AvgIpc) is 2.68. The van der Waals surface area contributed by atoms with E-state index in [4.69, 9.17) is 0 Å². The summed E-state index contributed by atoms with van der Waals surface area (Å²) >= 11 is 0. The van der Waals surface area contributed by atoms with Crippen molar-refractivity contribution in [2.24, 2.45) is 57.2 Å². The molecule has 1 nitrogen and oxygen atoms in total. The van der Waals surface area contributed by atoms with Crippen LogP contribution in [0.5, 0.6) is 0 Å². The van der Waals surface area contributed by atoms with Crippen molar-refractivity contribution >= 4 is 0 Å². The molecule has 0 bridgehead atoms. The highest BCUT2D eigenvalue weighted by molar-refractivity contribution is 5.32. The fourth-order valence-corrected chi connectivity index (χ4v) is 10.5. The van der Waals surface area contributed by atoms with E-state index < -0.39 is 0 Å². The first-order valence-corrected chi connectivity index (χ1v) is 13.4. The molecule has 4 fully saturated rings. The molecule has 0 saturated heterocycles. The second-order valence-electron chi connectivity index (χ2n) is 13.9. The van der Waals surface area contributed by atoms with E-state index in [1.165, 1.54) is 51.4 Å². The lowest BCUT2D eigenvalue weighted by Crippen LogP contribution is -2.64. The minimum absolute atomic E-state index is 0.0597. The Bertz CT molecular complexity index is 733. The summed E-state index contributed by atoms with van der Waals surface area (Å²) in [7, 11) is 0. The molecule has 30 heavy (non-hydrogen) atoms. The summed E-state index contributed by atoms with van der Waals surface area (Å²) in [4.78, 5) is 0. The maximum absolute atomic E-state index is 10.9. The Morgan fingerprint density at radius 1 is 0.833 bits per heavy atom. The van der Waals surface area contributed by atoms with Crippen molar-refractivity contribution in [3.8, 4) is 0 Å². The van der Waals surface area contributed by atoms with Gasteiger partial charge in [-0.2, -0.15) is 0 Å². The monoisotopic (exact) mass is 412 g/mol. The largest absolute Gasteiger partial charge is 0.393 e. The van der Waals surface area contributed by atoms with Crippen LogP contribution in [0.4, 0.5) is 0 Å². The predicted molar refractivity (Wildman–Crippen MR) is 126 cm³/mol. The Labute approximate surface area is 186 Å². The van der Waals surface area contributed by atoms with Gasteiger partial charge in [-0.1, -0.05) is 66.5 Å². The lowest BCUT2D eigenvalue weighted by Gasteiger charge is -2.70. The Kier molecular flexibility index (Phi) is 4.75. The van der Waals surface area contributed by atoms with Crippen LogP contribution in [0.15, 0.2) is 11.6 Å². The molecule has 10 atom stereocenters. The molecule has 5 aliphatic carbocycles. The molecule has 5 aliphatic rings. The van der Waals surface area contributed by atoms with Gasteiger partial charge in [0, 0.05) is 0 Å². The van der Waals surface area contributed by atoms with Gasteiger partial charge in [0.25, 0.3) is 0 Å². The van der Waals surface area contributed by atoms with E-state index in [1.54, 1.807) is 0 Å². The van der Waals surface area contributed by atoms with E-state index in [9.17, 15) is 5.11 Å². The number of hydrogen-bond donors (Lipinski definition) is 1. The Morgan fingerprint density at radius 2 is 1.57 bits per heavy atom. The maximum atomic E-state index is 10.9. The fourth-order valence-electron chi connectivity index (χ4n) is 10.5. The molecule has 0 aliphatic heterocycles. The summed E-state index contributed by atoms with van der Waals surface area (Å²) in [6.45, 7) is 17.9. The van der Waals surface area contributed by atoms with Crippen molar-refractivity contribution < 1.29 is 5.11 Å². The molecule has 1 heteroatoms. The van der Waals surface area contributed by atoms with Gasteiger partial charge in [0.1, 0.15) is 0 Å². The molecule has 0 spiro atoms. The number of fused-ring (bicyclic) bond motifs is 7. The summed E-state index contributed by atoms with van der Waals surface area (Å²) in [5, 5.41) is 10.9. The highest BCUT2D eigenvalue weighted by atomic mass is 16.3. The molecule has 1 unspecified atom stereocenters. The Morgan fingerprint density at radius 3 is 2.30 bits per heavy atom. The van der Waals surface area contributed by atoms with Crippen LogP contribution in [0, 0.1) is 57.2 Å². The fraction of sp³-hybridized carbons (Fsp3) is 0.931. The summed E-state index contributed by atoms with van der Waals surface area (Å²) in [5.74, 6) is 4.97. The van der Waals surface area contributed by atoms with Crippen molar-refractivity contribution in [3.05, 3.63) is 11.6 Å². The Hall–Kier alpha value is -0.300.